The summed E-state index contributed by atoms with van der Waals surface area (Å²) in [5, 5.41) is 8.74. The van der Waals surface area contributed by atoms with Gasteiger partial charge in [0.2, 0.25) is 11.8 Å². The van der Waals surface area contributed by atoms with Gasteiger partial charge in [0.25, 0.3) is 0 Å². The number of hydrogen-bond acceptors (Lipinski definition) is 4. The summed E-state index contributed by atoms with van der Waals surface area (Å²) >= 11 is 0. The van der Waals surface area contributed by atoms with Crippen LogP contribution < -0.4 is 0 Å². The van der Waals surface area contributed by atoms with Crippen LogP contribution in [-0.2, 0) is 13.1 Å². The van der Waals surface area contributed by atoms with Gasteiger partial charge in [0, 0.05) is 18.7 Å². The molecule has 0 aliphatic carbocycles. The Morgan fingerprint density at radius 1 is 0.647 bits per heavy atom. The van der Waals surface area contributed by atoms with Crippen molar-refractivity contribution < 1.29 is 8.81 Å². The first-order valence-corrected chi connectivity index (χ1v) is 11.2. The second-order valence-corrected chi connectivity index (χ2v) is 8.14. The molecular weight excluding hydrogens is 425 g/mol. The number of benzene rings is 4. The molecule has 0 aliphatic rings. The molecule has 0 aliphatic heterocycles. The van der Waals surface area contributed by atoms with Crippen LogP contribution in [0.15, 0.2) is 120 Å². The smallest absolute Gasteiger partial charge is 0.247 e. The lowest BCUT2D eigenvalue weighted by atomic mass is 10.0. The van der Waals surface area contributed by atoms with E-state index in [9.17, 15) is 4.39 Å². The van der Waals surface area contributed by atoms with E-state index in [1.807, 2.05) is 54.6 Å². The molecular formula is C29H24FN3O. The first-order chi connectivity index (χ1) is 16.8. The SMILES string of the molecule is Fc1ccc(-c2nnc(C(c3ccccc3)N(Cc3ccccc3)Cc3ccccc3)o2)cc1. The van der Waals surface area contributed by atoms with E-state index >= 15 is 0 Å². The zero-order chi connectivity index (χ0) is 23.2. The van der Waals surface area contributed by atoms with Gasteiger partial charge in [0.1, 0.15) is 11.9 Å². The van der Waals surface area contributed by atoms with E-state index < -0.39 is 0 Å². The normalized spacial score (nSPS) is 12.1. The lowest BCUT2D eigenvalue weighted by molar-refractivity contribution is 0.181. The zero-order valence-corrected chi connectivity index (χ0v) is 18.6. The van der Waals surface area contributed by atoms with Crippen molar-refractivity contribution >= 4 is 0 Å². The third-order valence-corrected chi connectivity index (χ3v) is 5.70. The Morgan fingerprint density at radius 3 is 1.74 bits per heavy atom. The molecule has 1 aromatic heterocycles. The summed E-state index contributed by atoms with van der Waals surface area (Å²) in [5.74, 6) is 0.565. The maximum absolute atomic E-state index is 13.4. The van der Waals surface area contributed by atoms with Gasteiger partial charge in [-0.05, 0) is 41.0 Å². The van der Waals surface area contributed by atoms with Gasteiger partial charge >= 0.3 is 0 Å². The monoisotopic (exact) mass is 449 g/mol. The van der Waals surface area contributed by atoms with E-state index in [1.54, 1.807) is 12.1 Å². The largest absolute Gasteiger partial charge is 0.419 e. The van der Waals surface area contributed by atoms with Crippen LogP contribution in [0.2, 0.25) is 0 Å². The van der Waals surface area contributed by atoms with Crippen molar-refractivity contribution in [1.29, 1.82) is 0 Å². The van der Waals surface area contributed by atoms with Crippen LogP contribution in [-0.4, -0.2) is 15.1 Å². The molecule has 1 unspecified atom stereocenters. The van der Waals surface area contributed by atoms with Crippen LogP contribution in [0.4, 0.5) is 4.39 Å². The third kappa shape index (κ3) is 5.11. The van der Waals surface area contributed by atoms with Gasteiger partial charge in [-0.3, -0.25) is 4.90 Å². The van der Waals surface area contributed by atoms with Crippen molar-refractivity contribution in [2.45, 2.75) is 19.1 Å². The molecule has 4 nitrogen and oxygen atoms in total. The van der Waals surface area contributed by atoms with E-state index in [0.29, 0.717) is 30.4 Å². The van der Waals surface area contributed by atoms with Crippen molar-refractivity contribution in [2.24, 2.45) is 0 Å². The molecule has 1 atom stereocenters. The predicted molar refractivity (Wildman–Crippen MR) is 130 cm³/mol. The summed E-state index contributed by atoms with van der Waals surface area (Å²) < 4.78 is 19.6. The molecule has 34 heavy (non-hydrogen) atoms. The van der Waals surface area contributed by atoms with Gasteiger partial charge in [-0.25, -0.2) is 4.39 Å². The van der Waals surface area contributed by atoms with Gasteiger partial charge in [-0.2, -0.15) is 0 Å². The third-order valence-electron chi connectivity index (χ3n) is 5.70. The van der Waals surface area contributed by atoms with Crippen molar-refractivity contribution in [3.05, 3.63) is 144 Å². The van der Waals surface area contributed by atoms with E-state index in [2.05, 4.69) is 51.5 Å². The Kier molecular flexibility index (Phi) is 6.54. The summed E-state index contributed by atoms with van der Waals surface area (Å²) in [4.78, 5) is 2.34. The summed E-state index contributed by atoms with van der Waals surface area (Å²) in [6.07, 6.45) is 0. The van der Waals surface area contributed by atoms with Crippen molar-refractivity contribution in [2.75, 3.05) is 0 Å². The van der Waals surface area contributed by atoms with E-state index in [1.165, 1.54) is 23.3 Å². The van der Waals surface area contributed by atoms with Crippen LogP contribution >= 0.6 is 0 Å². The standard InChI is InChI=1S/C29H24FN3O/c30-26-18-16-25(17-19-26)28-31-32-29(34-28)27(24-14-8-3-9-15-24)33(20-22-10-4-1-5-11-22)21-23-12-6-2-7-13-23/h1-19,27H,20-21H2. The molecule has 5 rings (SSSR count). The van der Waals surface area contributed by atoms with Crippen molar-refractivity contribution in [1.82, 2.24) is 15.1 Å². The molecule has 0 bridgehead atoms. The second kappa shape index (κ2) is 10.2. The number of nitrogens with zero attached hydrogens (tertiary/aromatic N) is 3. The first kappa shape index (κ1) is 21.7. The van der Waals surface area contributed by atoms with Gasteiger partial charge < -0.3 is 4.42 Å². The Bertz CT molecular complexity index is 1260. The number of hydrogen-bond donors (Lipinski definition) is 0. The molecule has 0 fully saturated rings. The highest BCUT2D eigenvalue weighted by Crippen LogP contribution is 2.32. The second-order valence-electron chi connectivity index (χ2n) is 8.14. The minimum atomic E-state index is -0.303. The fraction of sp³-hybridized carbons (Fsp3) is 0.103. The van der Waals surface area contributed by atoms with E-state index in [4.69, 9.17) is 4.42 Å². The molecule has 1 heterocycles. The van der Waals surface area contributed by atoms with Gasteiger partial charge in [0.15, 0.2) is 0 Å². The molecule has 0 radical (unpaired) electrons. The molecule has 0 N–H and O–H groups in total. The maximum Gasteiger partial charge on any atom is 0.247 e. The predicted octanol–water partition coefficient (Wildman–Crippen LogP) is 6.67. The average Bonchev–Trinajstić information content (AvgIpc) is 3.36. The fourth-order valence-corrected chi connectivity index (χ4v) is 4.07. The van der Waals surface area contributed by atoms with Gasteiger partial charge in [-0.15, -0.1) is 10.2 Å². The summed E-state index contributed by atoms with van der Waals surface area (Å²) in [5.41, 5.74) is 4.13. The topological polar surface area (TPSA) is 42.2 Å². The lowest BCUT2D eigenvalue weighted by Crippen LogP contribution is -2.29. The summed E-state index contributed by atoms with van der Waals surface area (Å²) in [6.45, 7) is 1.40. The highest BCUT2D eigenvalue weighted by Gasteiger charge is 2.28. The minimum Gasteiger partial charge on any atom is -0.419 e. The Labute approximate surface area is 198 Å². The van der Waals surface area contributed by atoms with Crippen LogP contribution in [0, 0.1) is 5.82 Å². The highest BCUT2D eigenvalue weighted by atomic mass is 19.1. The summed E-state index contributed by atoms with van der Waals surface area (Å²) in [7, 11) is 0. The van der Waals surface area contributed by atoms with Crippen LogP contribution in [0.1, 0.15) is 28.6 Å². The fourth-order valence-electron chi connectivity index (χ4n) is 4.07. The lowest BCUT2D eigenvalue weighted by Gasteiger charge is -2.30. The van der Waals surface area contributed by atoms with Crippen LogP contribution in [0.5, 0.6) is 0 Å². The highest BCUT2D eigenvalue weighted by molar-refractivity contribution is 5.52. The molecule has 0 saturated heterocycles. The summed E-state index contributed by atoms with van der Waals surface area (Å²) in [6, 6.07) is 36.7. The van der Waals surface area contributed by atoms with E-state index in [0.717, 1.165) is 5.56 Å². The minimum absolute atomic E-state index is 0.261. The molecule has 5 aromatic rings. The number of rotatable bonds is 8. The van der Waals surface area contributed by atoms with Gasteiger partial charge in [-0.1, -0.05) is 91.0 Å². The maximum atomic E-state index is 13.4. The quantitative estimate of drug-likeness (QED) is 0.265. The average molecular weight is 450 g/mol. The molecule has 0 amide bonds. The van der Waals surface area contributed by atoms with Crippen LogP contribution in [0.25, 0.3) is 11.5 Å². The molecule has 0 saturated carbocycles. The van der Waals surface area contributed by atoms with Crippen molar-refractivity contribution in [3.8, 4) is 11.5 Å². The Hall–Kier alpha value is -4.09. The van der Waals surface area contributed by atoms with Crippen LogP contribution in [0.3, 0.4) is 0 Å². The Balaban J connectivity index is 1.56. The molecule has 0 spiro atoms. The zero-order valence-electron chi connectivity index (χ0n) is 18.6. The van der Waals surface area contributed by atoms with E-state index in [-0.39, 0.29) is 11.9 Å². The van der Waals surface area contributed by atoms with Crippen molar-refractivity contribution in [3.63, 3.8) is 0 Å². The first-order valence-electron chi connectivity index (χ1n) is 11.2. The number of halogens is 1. The molecule has 5 heteroatoms. The molecule has 168 valence electrons. The van der Waals surface area contributed by atoms with Gasteiger partial charge in [0.05, 0.1) is 0 Å². The molecule has 4 aromatic carbocycles. The number of aromatic nitrogens is 2. The Morgan fingerprint density at radius 2 is 1.18 bits per heavy atom.